The Bertz CT molecular complexity index is 2130. The molecule has 0 bridgehead atoms. The van der Waals surface area contributed by atoms with E-state index in [-0.39, 0.29) is 5.41 Å². The zero-order chi connectivity index (χ0) is 31.3. The molecule has 0 aliphatic heterocycles. The Hall–Kier alpha value is -5.14. The van der Waals surface area contributed by atoms with Crippen molar-refractivity contribution in [3.05, 3.63) is 173 Å². The van der Waals surface area contributed by atoms with Gasteiger partial charge in [0.25, 0.3) is 0 Å². The summed E-state index contributed by atoms with van der Waals surface area (Å²) in [5.74, 6) is 0.504. The Morgan fingerprint density at radius 3 is 2.00 bits per heavy atom. The molecule has 0 radical (unpaired) electrons. The molecule has 1 nitrogen and oxygen atoms in total. The summed E-state index contributed by atoms with van der Waals surface area (Å²) >= 11 is 0. The van der Waals surface area contributed by atoms with Gasteiger partial charge < -0.3 is 5.32 Å². The quantitative estimate of drug-likeness (QED) is 0.203. The second-order valence-electron chi connectivity index (χ2n) is 13.5. The summed E-state index contributed by atoms with van der Waals surface area (Å²) < 4.78 is 0. The topological polar surface area (TPSA) is 12.0 Å². The Morgan fingerprint density at radius 1 is 0.609 bits per heavy atom. The van der Waals surface area contributed by atoms with E-state index < -0.39 is 0 Å². The maximum Gasteiger partial charge on any atom is 0.0400 e. The van der Waals surface area contributed by atoms with Crippen LogP contribution >= 0.6 is 0 Å². The molecule has 1 atom stereocenters. The smallest absolute Gasteiger partial charge is 0.0400 e. The van der Waals surface area contributed by atoms with Crippen LogP contribution in [0.4, 0.5) is 5.69 Å². The summed E-state index contributed by atoms with van der Waals surface area (Å²) in [6.45, 7) is 7.93. The van der Waals surface area contributed by atoms with Gasteiger partial charge in [-0.1, -0.05) is 148 Å². The highest BCUT2D eigenvalue weighted by molar-refractivity contribution is 6.15. The molecule has 1 unspecified atom stereocenters. The van der Waals surface area contributed by atoms with Crippen LogP contribution in [0.25, 0.3) is 44.2 Å². The third-order valence-corrected chi connectivity index (χ3v) is 10.0. The van der Waals surface area contributed by atoms with Crippen LogP contribution in [0.1, 0.15) is 55.0 Å². The third kappa shape index (κ3) is 4.88. The molecule has 0 heterocycles. The average Bonchev–Trinajstić information content (AvgIpc) is 3.33. The lowest BCUT2D eigenvalue weighted by Crippen LogP contribution is -2.16. The summed E-state index contributed by atoms with van der Waals surface area (Å²) in [4.78, 5) is 0. The van der Waals surface area contributed by atoms with Crippen molar-refractivity contribution in [3.8, 4) is 22.3 Å². The Balaban J connectivity index is 1.15. The number of nitrogens with one attached hydrogen (secondary N) is 1. The lowest BCUT2D eigenvalue weighted by atomic mass is 9.77. The summed E-state index contributed by atoms with van der Waals surface area (Å²) in [5.41, 5.74) is 15.7. The molecule has 1 N–H and O–H groups in total. The number of allylic oxidation sites excluding steroid dienone is 4. The molecule has 1 heteroatoms. The third-order valence-electron chi connectivity index (χ3n) is 10.0. The minimum atomic E-state index is -0.117. The fourth-order valence-corrected chi connectivity index (χ4v) is 7.56. The lowest BCUT2D eigenvalue weighted by molar-refractivity contribution is 0.659. The summed E-state index contributed by atoms with van der Waals surface area (Å²) in [6.07, 6.45) is 6.02. The van der Waals surface area contributed by atoms with E-state index in [1.165, 1.54) is 72.0 Å². The number of fused-ring (bicyclic) bond motifs is 5. The van der Waals surface area contributed by atoms with Gasteiger partial charge in [0.1, 0.15) is 0 Å². The van der Waals surface area contributed by atoms with Gasteiger partial charge >= 0.3 is 0 Å². The first-order valence-corrected chi connectivity index (χ1v) is 16.5. The summed E-state index contributed by atoms with van der Waals surface area (Å²) in [5, 5.41) is 6.35. The van der Waals surface area contributed by atoms with E-state index in [1.807, 2.05) is 0 Å². The SMILES string of the molecule is CC1C=C(c2cc3c(c4ccccc24)-c2ccc(CNc4ccc(-c5ccccc5)cc4)cc2C3(C)C)C(c2ccccc2)=CC1. The van der Waals surface area contributed by atoms with Gasteiger partial charge in [0.2, 0.25) is 0 Å². The highest BCUT2D eigenvalue weighted by Gasteiger charge is 2.38. The van der Waals surface area contributed by atoms with Gasteiger partial charge in [0.05, 0.1) is 0 Å². The van der Waals surface area contributed by atoms with Gasteiger partial charge in [0.15, 0.2) is 0 Å². The lowest BCUT2D eigenvalue weighted by Gasteiger charge is -2.26. The predicted octanol–water partition coefficient (Wildman–Crippen LogP) is 11.9. The van der Waals surface area contributed by atoms with E-state index in [2.05, 4.69) is 172 Å². The number of rotatable bonds is 6. The number of hydrogen-bond acceptors (Lipinski definition) is 1. The minimum absolute atomic E-state index is 0.117. The van der Waals surface area contributed by atoms with Crippen molar-refractivity contribution in [1.29, 1.82) is 0 Å². The van der Waals surface area contributed by atoms with E-state index in [4.69, 9.17) is 0 Å². The maximum atomic E-state index is 3.67. The van der Waals surface area contributed by atoms with Crippen LogP contribution in [0.5, 0.6) is 0 Å². The normalized spacial score (nSPS) is 16.4. The largest absolute Gasteiger partial charge is 0.381 e. The van der Waals surface area contributed by atoms with E-state index in [9.17, 15) is 0 Å². The van der Waals surface area contributed by atoms with Crippen LogP contribution < -0.4 is 5.32 Å². The van der Waals surface area contributed by atoms with Crippen molar-refractivity contribution in [2.45, 2.75) is 39.2 Å². The monoisotopic (exact) mass is 593 g/mol. The first-order valence-electron chi connectivity index (χ1n) is 16.5. The predicted molar refractivity (Wildman–Crippen MR) is 197 cm³/mol. The van der Waals surface area contributed by atoms with Crippen molar-refractivity contribution in [3.63, 3.8) is 0 Å². The Morgan fingerprint density at radius 2 is 1.26 bits per heavy atom. The molecule has 0 saturated heterocycles. The fraction of sp³-hybridized carbons (Fsp3) is 0.156. The van der Waals surface area contributed by atoms with Gasteiger partial charge in [-0.3, -0.25) is 0 Å². The molecule has 8 rings (SSSR count). The first kappa shape index (κ1) is 28.3. The van der Waals surface area contributed by atoms with Gasteiger partial charge in [-0.05, 0) is 103 Å². The number of benzene rings is 6. The molecule has 0 aromatic heterocycles. The standard InChI is InChI=1S/C45H39N/c1-30-18-24-36(34-14-8-5-9-15-34)40(26-30)41-28-43-44(38-17-11-10-16-37(38)41)39-25-19-31(27-42(39)45(43,2)3)29-46-35-22-20-33(21-23-35)32-12-6-4-7-13-32/h4-17,19-28,30,46H,18,29H2,1-3H3. The molecule has 6 aromatic carbocycles. The van der Waals surface area contributed by atoms with Crippen LogP contribution in [-0.4, -0.2) is 0 Å². The van der Waals surface area contributed by atoms with Gasteiger partial charge in [-0.15, -0.1) is 0 Å². The zero-order valence-corrected chi connectivity index (χ0v) is 26.8. The summed E-state index contributed by atoms with van der Waals surface area (Å²) in [6, 6.07) is 48.9. The van der Waals surface area contributed by atoms with Crippen molar-refractivity contribution in [1.82, 2.24) is 0 Å². The molecule has 6 aromatic rings. The molecular formula is C45H39N. The van der Waals surface area contributed by atoms with Gasteiger partial charge in [-0.25, -0.2) is 0 Å². The second-order valence-corrected chi connectivity index (χ2v) is 13.5. The Kier molecular flexibility index (Phi) is 6.99. The van der Waals surface area contributed by atoms with Gasteiger partial charge in [0, 0.05) is 17.6 Å². The number of anilines is 1. The molecule has 224 valence electrons. The molecule has 0 saturated carbocycles. The molecule has 2 aliphatic carbocycles. The first-order chi connectivity index (χ1) is 22.5. The van der Waals surface area contributed by atoms with Crippen LogP contribution in [-0.2, 0) is 12.0 Å². The highest BCUT2D eigenvalue weighted by Crippen LogP contribution is 2.54. The van der Waals surface area contributed by atoms with Crippen LogP contribution in [0.3, 0.4) is 0 Å². The zero-order valence-electron chi connectivity index (χ0n) is 26.8. The summed E-state index contributed by atoms with van der Waals surface area (Å²) in [7, 11) is 0. The highest BCUT2D eigenvalue weighted by atomic mass is 14.9. The van der Waals surface area contributed by atoms with E-state index in [0.717, 1.165) is 18.7 Å². The molecular weight excluding hydrogens is 555 g/mol. The van der Waals surface area contributed by atoms with Crippen molar-refractivity contribution >= 4 is 27.6 Å². The Labute approximate surface area is 273 Å². The molecule has 0 fully saturated rings. The van der Waals surface area contributed by atoms with Crippen LogP contribution in [0, 0.1) is 5.92 Å². The van der Waals surface area contributed by atoms with Crippen LogP contribution in [0.15, 0.2) is 146 Å². The van der Waals surface area contributed by atoms with Crippen LogP contribution in [0.2, 0.25) is 0 Å². The molecule has 0 spiro atoms. The maximum absolute atomic E-state index is 3.67. The number of hydrogen-bond donors (Lipinski definition) is 1. The van der Waals surface area contributed by atoms with E-state index in [0.29, 0.717) is 5.92 Å². The van der Waals surface area contributed by atoms with Crippen molar-refractivity contribution < 1.29 is 0 Å². The molecule has 2 aliphatic rings. The second kappa shape index (κ2) is 11.3. The fourth-order valence-electron chi connectivity index (χ4n) is 7.56. The van der Waals surface area contributed by atoms with Crippen molar-refractivity contribution in [2.75, 3.05) is 5.32 Å². The average molecular weight is 594 g/mol. The van der Waals surface area contributed by atoms with E-state index in [1.54, 1.807) is 0 Å². The van der Waals surface area contributed by atoms with E-state index >= 15 is 0 Å². The van der Waals surface area contributed by atoms with Gasteiger partial charge in [-0.2, -0.15) is 0 Å². The van der Waals surface area contributed by atoms with Crippen molar-refractivity contribution in [2.24, 2.45) is 5.92 Å². The molecule has 0 amide bonds. The minimum Gasteiger partial charge on any atom is -0.381 e. The molecule has 46 heavy (non-hydrogen) atoms.